The number of nitro groups is 1. The highest BCUT2D eigenvalue weighted by atomic mass is 16.6. The molecule has 0 amide bonds. The van der Waals surface area contributed by atoms with E-state index in [1.165, 1.54) is 13.2 Å². The zero-order valence-electron chi connectivity index (χ0n) is 13.9. The molecule has 0 aliphatic carbocycles. The second-order valence-electron chi connectivity index (χ2n) is 6.22. The summed E-state index contributed by atoms with van der Waals surface area (Å²) in [5, 5.41) is 14.6. The molecule has 2 rings (SSSR count). The Bertz CT molecular complexity index is 769. The van der Waals surface area contributed by atoms with Crippen LogP contribution in [0.4, 0.5) is 5.69 Å². The summed E-state index contributed by atoms with van der Waals surface area (Å²) in [6.07, 6.45) is 1.76. The molecule has 0 aliphatic rings. The Labute approximate surface area is 138 Å². The van der Waals surface area contributed by atoms with E-state index in [1.54, 1.807) is 6.92 Å². The van der Waals surface area contributed by atoms with Crippen LogP contribution in [-0.2, 0) is 16.0 Å². The van der Waals surface area contributed by atoms with Crippen molar-refractivity contribution in [1.82, 2.24) is 15.1 Å². The van der Waals surface area contributed by atoms with Crippen molar-refractivity contribution in [3.63, 3.8) is 0 Å². The fourth-order valence-electron chi connectivity index (χ4n) is 2.25. The van der Waals surface area contributed by atoms with Gasteiger partial charge in [-0.25, -0.2) is 4.98 Å². The smallest absolute Gasteiger partial charge is 0.306 e. The number of hydrogen-bond donors (Lipinski definition) is 0. The fourth-order valence-corrected chi connectivity index (χ4v) is 2.25. The highest BCUT2D eigenvalue weighted by Crippen LogP contribution is 2.27. The van der Waals surface area contributed by atoms with Gasteiger partial charge in [0.15, 0.2) is 0 Å². The van der Waals surface area contributed by atoms with Crippen molar-refractivity contribution in [3.8, 4) is 11.5 Å². The van der Waals surface area contributed by atoms with Gasteiger partial charge in [0.1, 0.15) is 11.9 Å². The van der Waals surface area contributed by atoms with Crippen LogP contribution in [0.3, 0.4) is 0 Å². The van der Waals surface area contributed by atoms with Gasteiger partial charge >= 0.3 is 5.97 Å². The summed E-state index contributed by atoms with van der Waals surface area (Å²) in [4.78, 5) is 30.0. The average molecular weight is 334 g/mol. The minimum absolute atomic E-state index is 0.0980. The zero-order chi connectivity index (χ0) is 17.9. The fraction of sp³-hybridized carbons (Fsp3) is 0.467. The van der Waals surface area contributed by atoms with Gasteiger partial charge in [0.25, 0.3) is 5.69 Å². The number of rotatable bonds is 6. The predicted molar refractivity (Wildman–Crippen MR) is 83.0 cm³/mol. The maximum atomic E-state index is 11.4. The van der Waals surface area contributed by atoms with Gasteiger partial charge in [-0.05, 0) is 17.9 Å². The highest BCUT2D eigenvalue weighted by molar-refractivity contribution is 5.70. The largest absolute Gasteiger partial charge is 0.469 e. The van der Waals surface area contributed by atoms with Gasteiger partial charge < -0.3 is 9.26 Å². The molecule has 0 unspecified atom stereocenters. The lowest BCUT2D eigenvalue weighted by atomic mass is 9.86. The van der Waals surface area contributed by atoms with E-state index < -0.39 is 10.3 Å². The summed E-state index contributed by atoms with van der Waals surface area (Å²) < 4.78 is 9.89. The van der Waals surface area contributed by atoms with Crippen LogP contribution in [0.15, 0.2) is 16.8 Å². The molecule has 0 saturated heterocycles. The third-order valence-electron chi connectivity index (χ3n) is 3.43. The molecule has 24 heavy (non-hydrogen) atoms. The van der Waals surface area contributed by atoms with Crippen LogP contribution >= 0.6 is 0 Å². The zero-order valence-corrected chi connectivity index (χ0v) is 13.9. The lowest BCUT2D eigenvalue weighted by molar-refractivity contribution is -0.385. The lowest BCUT2D eigenvalue weighted by Crippen LogP contribution is -2.20. The van der Waals surface area contributed by atoms with Crippen LogP contribution in [0.5, 0.6) is 0 Å². The Morgan fingerprint density at radius 2 is 2.17 bits per heavy atom. The summed E-state index contributed by atoms with van der Waals surface area (Å²) in [6, 6.07) is 1.40. The summed E-state index contributed by atoms with van der Waals surface area (Å²) in [7, 11) is 1.34. The van der Waals surface area contributed by atoms with Crippen molar-refractivity contribution in [2.24, 2.45) is 5.41 Å². The van der Waals surface area contributed by atoms with Crippen LogP contribution < -0.4 is 0 Å². The number of ether oxygens (including phenoxy) is 1. The highest BCUT2D eigenvalue weighted by Gasteiger charge is 2.26. The average Bonchev–Trinajstić information content (AvgIpc) is 2.93. The molecule has 0 radical (unpaired) electrons. The molecule has 0 fully saturated rings. The van der Waals surface area contributed by atoms with E-state index in [0.29, 0.717) is 23.6 Å². The number of esters is 1. The van der Waals surface area contributed by atoms with E-state index in [-0.39, 0.29) is 23.9 Å². The number of nitrogens with zero attached hydrogens (tertiary/aromatic N) is 4. The van der Waals surface area contributed by atoms with Gasteiger partial charge in [-0.3, -0.25) is 14.9 Å². The van der Waals surface area contributed by atoms with Gasteiger partial charge in [-0.1, -0.05) is 19.0 Å². The van der Waals surface area contributed by atoms with E-state index in [0.717, 1.165) is 6.20 Å². The first kappa shape index (κ1) is 17.5. The molecule has 9 heteroatoms. The summed E-state index contributed by atoms with van der Waals surface area (Å²) in [5.41, 5.74) is 0.486. The Morgan fingerprint density at radius 3 is 2.75 bits per heavy atom. The molecule has 0 aliphatic heterocycles. The molecule has 128 valence electrons. The maximum absolute atomic E-state index is 11.4. The van der Waals surface area contributed by atoms with Gasteiger partial charge in [0, 0.05) is 12.5 Å². The Kier molecular flexibility index (Phi) is 4.91. The molecule has 2 heterocycles. The number of pyridine rings is 1. The van der Waals surface area contributed by atoms with E-state index >= 15 is 0 Å². The Morgan fingerprint density at radius 1 is 1.46 bits per heavy atom. The number of aryl methyl sites for hydroxylation is 1. The molecular weight excluding hydrogens is 316 g/mol. The van der Waals surface area contributed by atoms with Crippen LogP contribution in [-0.4, -0.2) is 33.1 Å². The van der Waals surface area contributed by atoms with Crippen molar-refractivity contribution in [1.29, 1.82) is 0 Å². The molecule has 9 nitrogen and oxygen atoms in total. The van der Waals surface area contributed by atoms with Crippen molar-refractivity contribution >= 4 is 11.7 Å². The topological polar surface area (TPSA) is 121 Å². The van der Waals surface area contributed by atoms with E-state index in [2.05, 4.69) is 19.9 Å². The van der Waals surface area contributed by atoms with E-state index in [4.69, 9.17) is 4.52 Å². The first-order chi connectivity index (χ1) is 11.2. The minimum Gasteiger partial charge on any atom is -0.469 e. The lowest BCUT2D eigenvalue weighted by Gasteiger charge is -2.20. The first-order valence-electron chi connectivity index (χ1n) is 7.22. The van der Waals surface area contributed by atoms with Gasteiger partial charge in [-0.15, -0.1) is 0 Å². The molecule has 0 bridgehead atoms. The molecular formula is C15H18N4O5. The molecule has 0 N–H and O–H groups in total. The van der Waals surface area contributed by atoms with Gasteiger partial charge in [0.05, 0.1) is 18.5 Å². The predicted octanol–water partition coefficient (Wildman–Crippen LogP) is 2.48. The monoisotopic (exact) mass is 334 g/mol. The first-order valence-corrected chi connectivity index (χ1v) is 7.22. The minimum atomic E-state index is -0.513. The molecule has 0 atom stereocenters. The van der Waals surface area contributed by atoms with Crippen molar-refractivity contribution in [2.75, 3.05) is 7.11 Å². The third kappa shape index (κ3) is 4.12. The number of methoxy groups -OCH3 is 1. The molecule has 0 aromatic carbocycles. The summed E-state index contributed by atoms with van der Waals surface area (Å²) in [5.74, 6) is 0.303. The molecule has 2 aromatic heterocycles. The van der Waals surface area contributed by atoms with Crippen LogP contribution in [0.2, 0.25) is 0 Å². The molecule has 0 spiro atoms. The Hall–Kier alpha value is -2.84. The maximum Gasteiger partial charge on any atom is 0.306 e. The summed E-state index contributed by atoms with van der Waals surface area (Å²) in [6.45, 7) is 5.47. The van der Waals surface area contributed by atoms with Gasteiger partial charge in [-0.2, -0.15) is 4.98 Å². The molecule has 2 aromatic rings. The molecule has 0 saturated carbocycles. The van der Waals surface area contributed by atoms with Crippen molar-refractivity contribution in [2.45, 2.75) is 33.6 Å². The Balaban J connectivity index is 2.19. The summed E-state index contributed by atoms with van der Waals surface area (Å²) >= 11 is 0. The normalized spacial score (nSPS) is 11.3. The van der Waals surface area contributed by atoms with Gasteiger partial charge in [0.2, 0.25) is 11.7 Å². The van der Waals surface area contributed by atoms with E-state index in [9.17, 15) is 14.9 Å². The van der Waals surface area contributed by atoms with E-state index in [1.807, 2.05) is 13.8 Å². The quantitative estimate of drug-likeness (QED) is 0.448. The SMILES string of the molecule is COC(=O)CC(C)(C)Cc1nc(-c2ncc([N+](=O)[O-])cc2C)no1. The van der Waals surface area contributed by atoms with Crippen LogP contribution in [0, 0.1) is 22.5 Å². The second kappa shape index (κ2) is 6.73. The number of hydrogen-bond acceptors (Lipinski definition) is 8. The third-order valence-corrected chi connectivity index (χ3v) is 3.43. The number of carbonyl (C=O) groups excluding carboxylic acids is 1. The second-order valence-corrected chi connectivity index (χ2v) is 6.22. The standard InChI is InChI=1S/C15H18N4O5/c1-9-5-10(19(21)22)8-16-13(9)14-17-11(24-18-14)6-15(2,3)7-12(20)23-4/h5,8H,6-7H2,1-4H3. The van der Waals surface area contributed by atoms with Crippen molar-refractivity contribution < 1.29 is 19.0 Å². The number of carbonyl (C=O) groups is 1. The van der Waals surface area contributed by atoms with Crippen LogP contribution in [0.1, 0.15) is 31.7 Å². The van der Waals surface area contributed by atoms with Crippen LogP contribution in [0.25, 0.3) is 11.5 Å². The number of aromatic nitrogens is 3. The van der Waals surface area contributed by atoms with Crippen molar-refractivity contribution in [3.05, 3.63) is 33.8 Å².